The van der Waals surface area contributed by atoms with Crippen molar-refractivity contribution in [3.63, 3.8) is 0 Å². The summed E-state index contributed by atoms with van der Waals surface area (Å²) < 4.78 is 5.77. The Bertz CT molecular complexity index is 647. The lowest BCUT2D eigenvalue weighted by molar-refractivity contribution is -0.157. The van der Waals surface area contributed by atoms with Crippen LogP contribution in [0.3, 0.4) is 0 Å². The molecule has 152 valence electrons. The molecule has 4 rings (SSSR count). The Morgan fingerprint density at radius 2 is 1.81 bits per heavy atom. The van der Waals surface area contributed by atoms with E-state index in [1.54, 1.807) is 12.5 Å². The zero-order valence-electron chi connectivity index (χ0n) is 18.4. The van der Waals surface area contributed by atoms with Crippen LogP contribution in [0.4, 0.5) is 0 Å². The summed E-state index contributed by atoms with van der Waals surface area (Å²) in [7, 11) is 0. The van der Waals surface area contributed by atoms with Crippen LogP contribution in [0.2, 0.25) is 0 Å². The van der Waals surface area contributed by atoms with E-state index in [0.29, 0.717) is 10.8 Å². The topological polar surface area (TPSA) is 26.3 Å². The minimum Gasteiger partial charge on any atom is -0.462 e. The number of allylic oxidation sites excluding steroid dienone is 1. The number of carbonyl (C=O) groups is 1. The van der Waals surface area contributed by atoms with E-state index in [9.17, 15) is 4.79 Å². The maximum Gasteiger partial charge on any atom is 0.302 e. The number of carbonyl (C=O) groups excluding carboxylic acids is 1. The number of esters is 1. The third kappa shape index (κ3) is 2.68. The molecule has 0 aromatic heterocycles. The van der Waals surface area contributed by atoms with Gasteiger partial charge in [0.2, 0.25) is 0 Å². The van der Waals surface area contributed by atoms with Crippen molar-refractivity contribution in [1.82, 2.24) is 0 Å². The molecule has 0 radical (unpaired) electrons. The standard InChI is InChI=1S/C25H40O2/c1-7-17-8-10-19-18-9-11-21-23(3,4)22(27-16(2)26)13-15-25(21,6)20(18)12-14-24(17,19)5/h11,17-20,22H,7-10,12-15H2,1-6H3. The van der Waals surface area contributed by atoms with E-state index in [-0.39, 0.29) is 17.5 Å². The van der Waals surface area contributed by atoms with E-state index in [2.05, 4.69) is 40.7 Å². The number of rotatable bonds is 2. The van der Waals surface area contributed by atoms with Crippen molar-refractivity contribution in [3.8, 4) is 0 Å². The summed E-state index contributed by atoms with van der Waals surface area (Å²) in [5.74, 6) is 3.43. The molecule has 0 N–H and O–H groups in total. The second-order valence-electron chi connectivity index (χ2n) is 11.2. The normalized spacial score (nSPS) is 48.1. The first-order valence-corrected chi connectivity index (χ1v) is 11.5. The van der Waals surface area contributed by atoms with Crippen molar-refractivity contribution in [3.05, 3.63) is 11.6 Å². The second kappa shape index (κ2) is 6.36. The molecular formula is C25H40O2. The van der Waals surface area contributed by atoms with Gasteiger partial charge < -0.3 is 4.74 Å². The van der Waals surface area contributed by atoms with Crippen molar-refractivity contribution in [2.24, 2.45) is 39.9 Å². The van der Waals surface area contributed by atoms with E-state index in [4.69, 9.17) is 4.74 Å². The van der Waals surface area contributed by atoms with Crippen LogP contribution in [0, 0.1) is 39.9 Å². The Labute approximate surface area is 166 Å². The van der Waals surface area contributed by atoms with Crippen LogP contribution in [-0.4, -0.2) is 12.1 Å². The fourth-order valence-corrected chi connectivity index (χ4v) is 8.56. The highest BCUT2D eigenvalue weighted by Crippen LogP contribution is 2.68. The first kappa shape index (κ1) is 19.5. The number of hydrogen-bond donors (Lipinski definition) is 0. The van der Waals surface area contributed by atoms with Crippen LogP contribution in [0.1, 0.15) is 92.9 Å². The van der Waals surface area contributed by atoms with Gasteiger partial charge in [0.05, 0.1) is 0 Å². The number of hydrogen-bond acceptors (Lipinski definition) is 2. The number of ether oxygens (including phenoxy) is 1. The smallest absolute Gasteiger partial charge is 0.302 e. The molecule has 0 heterocycles. The van der Waals surface area contributed by atoms with Gasteiger partial charge in [0.25, 0.3) is 0 Å². The Morgan fingerprint density at radius 3 is 2.48 bits per heavy atom. The van der Waals surface area contributed by atoms with Gasteiger partial charge in [-0.2, -0.15) is 0 Å². The van der Waals surface area contributed by atoms with E-state index < -0.39 is 0 Å². The average molecular weight is 373 g/mol. The first-order chi connectivity index (χ1) is 12.6. The van der Waals surface area contributed by atoms with Crippen LogP contribution in [0.15, 0.2) is 11.6 Å². The van der Waals surface area contributed by atoms with E-state index in [0.717, 1.165) is 30.1 Å². The Morgan fingerprint density at radius 1 is 1.07 bits per heavy atom. The van der Waals surface area contributed by atoms with E-state index in [1.165, 1.54) is 44.9 Å². The molecule has 0 saturated heterocycles. The Hall–Kier alpha value is -0.790. The minimum absolute atomic E-state index is 0.0357. The molecule has 4 aliphatic carbocycles. The lowest BCUT2D eigenvalue weighted by atomic mass is 9.44. The largest absolute Gasteiger partial charge is 0.462 e. The summed E-state index contributed by atoms with van der Waals surface area (Å²) in [5, 5.41) is 0. The monoisotopic (exact) mass is 372 g/mol. The molecule has 2 heteroatoms. The summed E-state index contributed by atoms with van der Waals surface area (Å²) >= 11 is 0. The van der Waals surface area contributed by atoms with Gasteiger partial charge in [0, 0.05) is 12.3 Å². The van der Waals surface area contributed by atoms with Gasteiger partial charge >= 0.3 is 5.97 Å². The maximum atomic E-state index is 11.6. The summed E-state index contributed by atoms with van der Waals surface area (Å²) in [6.07, 6.45) is 13.2. The summed E-state index contributed by atoms with van der Waals surface area (Å²) in [6.45, 7) is 13.8. The molecule has 27 heavy (non-hydrogen) atoms. The van der Waals surface area contributed by atoms with E-state index in [1.807, 2.05) is 0 Å². The van der Waals surface area contributed by atoms with Crippen LogP contribution >= 0.6 is 0 Å². The molecule has 0 spiro atoms. The highest BCUT2D eigenvalue weighted by molar-refractivity contribution is 5.66. The molecule has 0 bridgehead atoms. The molecule has 4 aliphatic rings. The fraction of sp³-hybridized carbons (Fsp3) is 0.880. The Kier molecular flexibility index (Phi) is 4.60. The lowest BCUT2D eigenvalue weighted by Crippen LogP contribution is -2.55. The summed E-state index contributed by atoms with van der Waals surface area (Å²) in [6, 6.07) is 0. The first-order valence-electron chi connectivity index (χ1n) is 11.5. The highest BCUT2D eigenvalue weighted by atomic mass is 16.5. The summed E-state index contributed by atoms with van der Waals surface area (Å²) in [5.41, 5.74) is 2.45. The maximum absolute atomic E-state index is 11.6. The fourth-order valence-electron chi connectivity index (χ4n) is 8.56. The van der Waals surface area contributed by atoms with Crippen LogP contribution in [-0.2, 0) is 9.53 Å². The molecular weight excluding hydrogens is 332 g/mol. The molecule has 3 saturated carbocycles. The van der Waals surface area contributed by atoms with Crippen molar-refractivity contribution in [1.29, 1.82) is 0 Å². The zero-order chi connectivity index (χ0) is 19.6. The second-order valence-corrected chi connectivity index (χ2v) is 11.2. The Balaban J connectivity index is 1.66. The molecule has 7 unspecified atom stereocenters. The lowest BCUT2D eigenvalue weighted by Gasteiger charge is -2.61. The van der Waals surface area contributed by atoms with Gasteiger partial charge in [-0.1, -0.05) is 52.7 Å². The SMILES string of the molecule is CCC1CCC2C3CC=C4C(C)(C)C(OC(C)=O)CCC4(C)C3CCC12C. The molecule has 3 fully saturated rings. The molecule has 0 amide bonds. The van der Waals surface area contributed by atoms with Crippen LogP contribution in [0.5, 0.6) is 0 Å². The van der Waals surface area contributed by atoms with Gasteiger partial charge in [0.15, 0.2) is 0 Å². The predicted molar refractivity (Wildman–Crippen MR) is 110 cm³/mol. The molecule has 0 aliphatic heterocycles. The molecule has 7 atom stereocenters. The van der Waals surface area contributed by atoms with Gasteiger partial charge in [-0.3, -0.25) is 4.79 Å². The zero-order valence-corrected chi connectivity index (χ0v) is 18.4. The number of fused-ring (bicyclic) bond motifs is 5. The van der Waals surface area contributed by atoms with Gasteiger partial charge in [0.1, 0.15) is 6.10 Å². The van der Waals surface area contributed by atoms with Crippen molar-refractivity contribution >= 4 is 5.97 Å². The van der Waals surface area contributed by atoms with Gasteiger partial charge in [-0.25, -0.2) is 0 Å². The molecule has 2 nitrogen and oxygen atoms in total. The van der Waals surface area contributed by atoms with Gasteiger partial charge in [-0.15, -0.1) is 0 Å². The minimum atomic E-state index is -0.129. The molecule has 0 aromatic carbocycles. The molecule has 0 aromatic rings. The summed E-state index contributed by atoms with van der Waals surface area (Å²) in [4.78, 5) is 11.6. The van der Waals surface area contributed by atoms with Crippen LogP contribution < -0.4 is 0 Å². The quantitative estimate of drug-likeness (QED) is 0.406. The van der Waals surface area contributed by atoms with Crippen LogP contribution in [0.25, 0.3) is 0 Å². The average Bonchev–Trinajstić information content (AvgIpc) is 2.93. The third-order valence-corrected chi connectivity index (χ3v) is 9.89. The van der Waals surface area contributed by atoms with E-state index >= 15 is 0 Å². The van der Waals surface area contributed by atoms with Gasteiger partial charge in [-0.05, 0) is 79.4 Å². The van der Waals surface area contributed by atoms with Crippen molar-refractivity contribution < 1.29 is 9.53 Å². The van der Waals surface area contributed by atoms with Crippen molar-refractivity contribution in [2.75, 3.05) is 0 Å². The third-order valence-electron chi connectivity index (χ3n) is 9.89. The highest BCUT2D eigenvalue weighted by Gasteiger charge is 2.60. The van der Waals surface area contributed by atoms with Crippen molar-refractivity contribution in [2.45, 2.75) is 99.0 Å². The predicted octanol–water partition coefficient (Wildman–Crippen LogP) is 6.54.